The lowest BCUT2D eigenvalue weighted by Gasteiger charge is -2.36. The van der Waals surface area contributed by atoms with Gasteiger partial charge < -0.3 is 15.2 Å². The van der Waals surface area contributed by atoms with Gasteiger partial charge in [-0.2, -0.15) is 0 Å². The van der Waals surface area contributed by atoms with Crippen LogP contribution in [0.4, 0.5) is 5.95 Å². The topological polar surface area (TPSA) is 47.1 Å². The fourth-order valence-corrected chi connectivity index (χ4v) is 2.46. The Balaban J connectivity index is 2.22. The predicted molar refractivity (Wildman–Crippen MR) is 71.3 cm³/mol. The molecule has 1 aromatic rings. The van der Waals surface area contributed by atoms with Gasteiger partial charge in [0.2, 0.25) is 5.95 Å². The van der Waals surface area contributed by atoms with Gasteiger partial charge in [0.05, 0.1) is 5.69 Å². The number of hydrogen-bond acceptors (Lipinski definition) is 3. The smallest absolute Gasteiger partial charge is 0.205 e. The van der Waals surface area contributed by atoms with E-state index in [4.69, 9.17) is 5.73 Å². The second kappa shape index (κ2) is 4.69. The molecule has 2 unspecified atom stereocenters. The molecule has 2 rings (SSSR count). The van der Waals surface area contributed by atoms with Gasteiger partial charge in [0, 0.05) is 31.4 Å². The van der Waals surface area contributed by atoms with Crippen LogP contribution in [0.3, 0.4) is 0 Å². The highest BCUT2D eigenvalue weighted by Gasteiger charge is 2.26. The van der Waals surface area contributed by atoms with Crippen molar-refractivity contribution in [2.45, 2.75) is 46.2 Å². The number of nitrogens with zero attached hydrogens (tertiary/aromatic N) is 3. The van der Waals surface area contributed by atoms with Crippen LogP contribution in [0.1, 0.15) is 38.9 Å². The molecule has 0 radical (unpaired) electrons. The summed E-state index contributed by atoms with van der Waals surface area (Å²) in [5.74, 6) is 1.65. The molecule has 96 valence electrons. The Morgan fingerprint density at radius 2 is 2.18 bits per heavy atom. The number of aromatic nitrogens is 2. The number of imidazole rings is 1. The Morgan fingerprint density at radius 3 is 2.76 bits per heavy atom. The largest absolute Gasteiger partial charge is 0.342 e. The molecule has 4 heteroatoms. The van der Waals surface area contributed by atoms with Crippen molar-refractivity contribution in [3.05, 3.63) is 11.9 Å². The molecule has 0 spiro atoms. The highest BCUT2D eigenvalue weighted by molar-refractivity contribution is 5.35. The predicted octanol–water partition coefficient (Wildman–Crippen LogP) is 1.95. The fraction of sp³-hybridized carbons (Fsp3) is 0.769. The van der Waals surface area contributed by atoms with Crippen LogP contribution in [0.15, 0.2) is 6.20 Å². The molecule has 1 saturated heterocycles. The lowest BCUT2D eigenvalue weighted by Crippen LogP contribution is -2.46. The number of hydrogen-bond donors (Lipinski definition) is 1. The van der Waals surface area contributed by atoms with Gasteiger partial charge in [-0.05, 0) is 33.1 Å². The van der Waals surface area contributed by atoms with Crippen molar-refractivity contribution in [1.82, 2.24) is 9.55 Å². The van der Waals surface area contributed by atoms with Crippen LogP contribution in [-0.4, -0.2) is 28.7 Å². The molecule has 0 aromatic carbocycles. The first-order valence-electron chi connectivity index (χ1n) is 6.55. The molecule has 1 aliphatic rings. The van der Waals surface area contributed by atoms with Crippen LogP contribution in [-0.2, 0) is 0 Å². The first-order chi connectivity index (χ1) is 7.99. The lowest BCUT2D eigenvalue weighted by atomic mass is 9.95. The van der Waals surface area contributed by atoms with Crippen molar-refractivity contribution < 1.29 is 0 Å². The van der Waals surface area contributed by atoms with Gasteiger partial charge in [-0.3, -0.25) is 0 Å². The van der Waals surface area contributed by atoms with Crippen LogP contribution in [0.2, 0.25) is 0 Å². The van der Waals surface area contributed by atoms with E-state index < -0.39 is 0 Å². The van der Waals surface area contributed by atoms with E-state index >= 15 is 0 Å². The molecule has 4 nitrogen and oxygen atoms in total. The zero-order valence-corrected chi connectivity index (χ0v) is 11.3. The number of rotatable bonds is 2. The minimum absolute atomic E-state index is 0.342. The van der Waals surface area contributed by atoms with Gasteiger partial charge in [-0.15, -0.1) is 0 Å². The molecule has 17 heavy (non-hydrogen) atoms. The van der Waals surface area contributed by atoms with Gasteiger partial charge in [0.15, 0.2) is 0 Å². The summed E-state index contributed by atoms with van der Waals surface area (Å²) < 4.78 is 2.26. The minimum atomic E-state index is 0.342. The van der Waals surface area contributed by atoms with Crippen LogP contribution in [0.5, 0.6) is 0 Å². The number of anilines is 1. The molecule has 2 heterocycles. The summed E-state index contributed by atoms with van der Waals surface area (Å²) in [4.78, 5) is 7.04. The summed E-state index contributed by atoms with van der Waals surface area (Å²) in [5.41, 5.74) is 7.16. The van der Waals surface area contributed by atoms with E-state index in [1.807, 2.05) is 0 Å². The third kappa shape index (κ3) is 2.46. The van der Waals surface area contributed by atoms with Crippen LogP contribution < -0.4 is 10.6 Å². The zero-order valence-electron chi connectivity index (χ0n) is 11.3. The lowest BCUT2D eigenvalue weighted by molar-refractivity contribution is 0.375. The van der Waals surface area contributed by atoms with Crippen LogP contribution in [0.25, 0.3) is 0 Å². The molecule has 0 bridgehead atoms. The first-order valence-corrected chi connectivity index (χ1v) is 6.55. The molecule has 2 atom stereocenters. The van der Waals surface area contributed by atoms with Gasteiger partial charge >= 0.3 is 0 Å². The van der Waals surface area contributed by atoms with Crippen molar-refractivity contribution in [2.24, 2.45) is 11.7 Å². The summed E-state index contributed by atoms with van der Waals surface area (Å²) in [5, 5.41) is 0. The average molecular weight is 236 g/mol. The van der Waals surface area contributed by atoms with Crippen molar-refractivity contribution in [1.29, 1.82) is 0 Å². The van der Waals surface area contributed by atoms with E-state index in [9.17, 15) is 0 Å². The Kier molecular flexibility index (Phi) is 3.43. The Hall–Kier alpha value is -1.03. The van der Waals surface area contributed by atoms with Crippen molar-refractivity contribution in [3.8, 4) is 0 Å². The molecule has 2 N–H and O–H groups in total. The first kappa shape index (κ1) is 12.4. The summed E-state index contributed by atoms with van der Waals surface area (Å²) in [6.45, 7) is 10.7. The third-order valence-corrected chi connectivity index (χ3v) is 3.64. The minimum Gasteiger partial charge on any atom is -0.342 e. The van der Waals surface area contributed by atoms with Crippen molar-refractivity contribution in [3.63, 3.8) is 0 Å². The quantitative estimate of drug-likeness (QED) is 0.853. The summed E-state index contributed by atoms with van der Waals surface area (Å²) in [6, 6.07) is 0.798. The third-order valence-electron chi connectivity index (χ3n) is 3.64. The van der Waals surface area contributed by atoms with Gasteiger partial charge in [0.25, 0.3) is 0 Å². The molecular formula is C13H24N4. The molecule has 1 fully saturated rings. The molecular weight excluding hydrogens is 212 g/mol. The monoisotopic (exact) mass is 236 g/mol. The second-order valence-corrected chi connectivity index (χ2v) is 5.56. The highest BCUT2D eigenvalue weighted by Crippen LogP contribution is 2.24. The standard InChI is InChI=1S/C13H24N4/c1-9(2)17-8-11(4)15-13(17)16-6-5-12(14)10(3)7-16/h8-10,12H,5-7,14H2,1-4H3. The summed E-state index contributed by atoms with van der Waals surface area (Å²) in [7, 11) is 0. The normalized spacial score (nSPS) is 25.6. The zero-order chi connectivity index (χ0) is 12.6. The number of nitrogens with two attached hydrogens (primary N) is 1. The van der Waals surface area contributed by atoms with Crippen molar-refractivity contribution >= 4 is 5.95 Å². The van der Waals surface area contributed by atoms with E-state index in [2.05, 4.69) is 48.3 Å². The summed E-state index contributed by atoms with van der Waals surface area (Å²) >= 11 is 0. The van der Waals surface area contributed by atoms with Gasteiger partial charge in [-0.1, -0.05) is 6.92 Å². The van der Waals surface area contributed by atoms with E-state index in [1.165, 1.54) is 0 Å². The van der Waals surface area contributed by atoms with E-state index in [1.54, 1.807) is 0 Å². The maximum absolute atomic E-state index is 6.07. The number of aryl methyl sites for hydroxylation is 1. The fourth-order valence-electron chi connectivity index (χ4n) is 2.46. The van der Waals surface area contributed by atoms with E-state index in [-0.39, 0.29) is 0 Å². The Labute approximate surface area is 104 Å². The summed E-state index contributed by atoms with van der Waals surface area (Å²) in [6.07, 6.45) is 3.20. The molecule has 0 amide bonds. The Bertz CT molecular complexity index is 383. The Morgan fingerprint density at radius 1 is 1.47 bits per heavy atom. The van der Waals surface area contributed by atoms with Crippen molar-refractivity contribution in [2.75, 3.05) is 18.0 Å². The average Bonchev–Trinajstić information content (AvgIpc) is 2.64. The maximum atomic E-state index is 6.07. The second-order valence-electron chi connectivity index (χ2n) is 5.56. The maximum Gasteiger partial charge on any atom is 0.205 e. The molecule has 0 aliphatic carbocycles. The van der Waals surface area contributed by atoms with Crippen LogP contribution in [0, 0.1) is 12.8 Å². The van der Waals surface area contributed by atoms with Gasteiger partial charge in [0.1, 0.15) is 0 Å². The van der Waals surface area contributed by atoms with Gasteiger partial charge in [-0.25, -0.2) is 4.98 Å². The molecule has 0 saturated carbocycles. The van der Waals surface area contributed by atoms with E-state index in [0.717, 1.165) is 31.2 Å². The number of piperidine rings is 1. The highest BCUT2D eigenvalue weighted by atomic mass is 15.3. The van der Waals surface area contributed by atoms with E-state index in [0.29, 0.717) is 18.0 Å². The SMILES string of the molecule is Cc1cn(C(C)C)c(N2CCC(N)C(C)C2)n1. The molecule has 1 aromatic heterocycles. The van der Waals surface area contributed by atoms with Crippen LogP contribution >= 0.6 is 0 Å². The molecule has 1 aliphatic heterocycles.